The first-order chi connectivity index (χ1) is 11.3. The van der Waals surface area contributed by atoms with Crippen LogP contribution in [0.25, 0.3) is 21.8 Å². The fourth-order valence-electron chi connectivity index (χ4n) is 2.59. The number of para-hydroxylation sites is 1. The molecule has 0 aliphatic heterocycles. The van der Waals surface area contributed by atoms with Crippen molar-refractivity contribution in [2.75, 3.05) is 5.43 Å². The van der Waals surface area contributed by atoms with Gasteiger partial charge in [0, 0.05) is 39.3 Å². The molecule has 5 heteroatoms. The molecule has 0 radical (unpaired) electrons. The van der Waals surface area contributed by atoms with Gasteiger partial charge in [0.2, 0.25) is 0 Å². The van der Waals surface area contributed by atoms with Gasteiger partial charge in [-0.05, 0) is 30.3 Å². The van der Waals surface area contributed by atoms with E-state index in [1.807, 2.05) is 48.7 Å². The molecule has 0 aliphatic rings. The van der Waals surface area contributed by atoms with Gasteiger partial charge in [0.1, 0.15) is 0 Å². The minimum atomic E-state index is 0.671. The molecule has 112 valence electrons. The quantitative estimate of drug-likeness (QED) is 0.420. The van der Waals surface area contributed by atoms with Gasteiger partial charge >= 0.3 is 0 Å². The summed E-state index contributed by atoms with van der Waals surface area (Å²) in [5.41, 5.74) is 6.94. The van der Waals surface area contributed by atoms with Crippen LogP contribution < -0.4 is 5.43 Å². The molecule has 2 heterocycles. The van der Waals surface area contributed by atoms with Crippen LogP contribution in [0.5, 0.6) is 0 Å². The van der Waals surface area contributed by atoms with E-state index in [1.54, 1.807) is 12.4 Å². The normalized spacial score (nSPS) is 11.5. The number of aromatic amines is 1. The molecule has 23 heavy (non-hydrogen) atoms. The van der Waals surface area contributed by atoms with Crippen molar-refractivity contribution in [2.45, 2.75) is 0 Å². The van der Waals surface area contributed by atoms with Gasteiger partial charge in [0.15, 0.2) is 0 Å². The lowest BCUT2D eigenvalue weighted by Crippen LogP contribution is -1.92. The van der Waals surface area contributed by atoms with Crippen LogP contribution in [0.4, 0.5) is 5.69 Å². The lowest BCUT2D eigenvalue weighted by atomic mass is 10.2. The van der Waals surface area contributed by atoms with Crippen LogP contribution in [0.1, 0.15) is 5.56 Å². The van der Waals surface area contributed by atoms with Gasteiger partial charge in [-0.15, -0.1) is 0 Å². The summed E-state index contributed by atoms with van der Waals surface area (Å²) in [7, 11) is 0. The van der Waals surface area contributed by atoms with E-state index in [4.69, 9.17) is 11.6 Å². The smallest absolute Gasteiger partial charge is 0.0738 e. The fourth-order valence-corrected chi connectivity index (χ4v) is 2.76. The zero-order valence-electron chi connectivity index (χ0n) is 12.1. The van der Waals surface area contributed by atoms with Gasteiger partial charge in [0.25, 0.3) is 0 Å². The number of fused-ring (bicyclic) bond motifs is 2. The summed E-state index contributed by atoms with van der Waals surface area (Å²) in [6.07, 6.45) is 5.49. The standard InChI is InChI=1S/C18H13ClN4/c19-13-5-6-15-17(7-8-20-18(15)9-13)23-22-11-12-10-21-16-4-2-1-3-14(12)16/h1-11,21H,(H,20,23)/b22-11+. The van der Waals surface area contributed by atoms with Crippen LogP contribution in [0, 0.1) is 0 Å². The summed E-state index contributed by atoms with van der Waals surface area (Å²) in [5.74, 6) is 0. The third-order valence-electron chi connectivity index (χ3n) is 3.71. The Morgan fingerprint density at radius 2 is 2.00 bits per heavy atom. The zero-order valence-corrected chi connectivity index (χ0v) is 12.9. The third kappa shape index (κ3) is 2.64. The molecule has 4 nitrogen and oxygen atoms in total. The van der Waals surface area contributed by atoms with Crippen molar-refractivity contribution in [3.63, 3.8) is 0 Å². The monoisotopic (exact) mass is 320 g/mol. The Bertz CT molecular complexity index is 1020. The second kappa shape index (κ2) is 5.74. The molecule has 0 aliphatic carbocycles. The second-order valence-electron chi connectivity index (χ2n) is 5.18. The van der Waals surface area contributed by atoms with Crippen LogP contribution >= 0.6 is 11.6 Å². The van der Waals surface area contributed by atoms with Crippen molar-refractivity contribution in [1.82, 2.24) is 9.97 Å². The van der Waals surface area contributed by atoms with Crippen LogP contribution in [-0.2, 0) is 0 Å². The number of H-pyrrole nitrogens is 1. The van der Waals surface area contributed by atoms with Crippen molar-refractivity contribution in [3.05, 3.63) is 71.5 Å². The topological polar surface area (TPSA) is 53.1 Å². The SMILES string of the molecule is Clc1ccc2c(N/N=C/c3c[nH]c4ccccc34)ccnc2c1. The van der Waals surface area contributed by atoms with Crippen LogP contribution in [-0.4, -0.2) is 16.2 Å². The number of nitrogens with zero attached hydrogens (tertiary/aromatic N) is 2. The number of anilines is 1. The molecule has 2 aromatic carbocycles. The van der Waals surface area contributed by atoms with Gasteiger partial charge in [-0.1, -0.05) is 29.8 Å². The number of benzene rings is 2. The largest absolute Gasteiger partial charge is 0.361 e. The summed E-state index contributed by atoms with van der Waals surface area (Å²) < 4.78 is 0. The molecule has 0 bridgehead atoms. The van der Waals surface area contributed by atoms with E-state index in [1.165, 1.54) is 0 Å². The zero-order chi connectivity index (χ0) is 15.6. The van der Waals surface area contributed by atoms with E-state index in [0.717, 1.165) is 33.1 Å². The summed E-state index contributed by atoms with van der Waals surface area (Å²) in [5, 5.41) is 7.14. The van der Waals surface area contributed by atoms with E-state index in [0.29, 0.717) is 5.02 Å². The molecule has 0 unspecified atom stereocenters. The maximum absolute atomic E-state index is 6.00. The highest BCUT2D eigenvalue weighted by molar-refractivity contribution is 6.31. The average Bonchev–Trinajstić information content (AvgIpc) is 2.98. The molecule has 4 aromatic rings. The van der Waals surface area contributed by atoms with Crippen molar-refractivity contribution >= 4 is 45.3 Å². The number of rotatable bonds is 3. The highest BCUT2D eigenvalue weighted by Crippen LogP contribution is 2.24. The Labute approximate surface area is 137 Å². The molecule has 0 saturated carbocycles. The Hall–Kier alpha value is -2.85. The van der Waals surface area contributed by atoms with Crippen molar-refractivity contribution < 1.29 is 0 Å². The third-order valence-corrected chi connectivity index (χ3v) is 3.95. The highest BCUT2D eigenvalue weighted by atomic mass is 35.5. The van der Waals surface area contributed by atoms with Crippen molar-refractivity contribution in [3.8, 4) is 0 Å². The first-order valence-electron chi connectivity index (χ1n) is 7.21. The first kappa shape index (κ1) is 13.8. The van der Waals surface area contributed by atoms with Crippen molar-refractivity contribution in [2.24, 2.45) is 5.10 Å². The number of nitrogens with one attached hydrogen (secondary N) is 2. The number of aromatic nitrogens is 2. The Morgan fingerprint density at radius 3 is 2.96 bits per heavy atom. The lowest BCUT2D eigenvalue weighted by molar-refractivity contribution is 1.33. The van der Waals surface area contributed by atoms with E-state index in [-0.39, 0.29) is 0 Å². The van der Waals surface area contributed by atoms with E-state index < -0.39 is 0 Å². The van der Waals surface area contributed by atoms with Crippen LogP contribution in [0.2, 0.25) is 5.02 Å². The molecule has 0 amide bonds. The predicted molar refractivity (Wildman–Crippen MR) is 96.3 cm³/mol. The second-order valence-corrected chi connectivity index (χ2v) is 5.62. The summed E-state index contributed by atoms with van der Waals surface area (Å²) in [6.45, 7) is 0. The minimum Gasteiger partial charge on any atom is -0.361 e. The van der Waals surface area contributed by atoms with Crippen molar-refractivity contribution in [1.29, 1.82) is 0 Å². The molecule has 0 atom stereocenters. The number of halogens is 1. The first-order valence-corrected chi connectivity index (χ1v) is 7.58. The maximum Gasteiger partial charge on any atom is 0.0738 e. The van der Waals surface area contributed by atoms with E-state index in [9.17, 15) is 0 Å². The Kier molecular flexibility index (Phi) is 3.44. The molecule has 0 saturated heterocycles. The van der Waals surface area contributed by atoms with Gasteiger partial charge in [0.05, 0.1) is 17.4 Å². The summed E-state index contributed by atoms with van der Waals surface area (Å²) in [6, 6.07) is 15.6. The molecule has 2 N–H and O–H groups in total. The summed E-state index contributed by atoms with van der Waals surface area (Å²) in [4.78, 5) is 7.55. The molecule has 0 fully saturated rings. The van der Waals surface area contributed by atoms with Gasteiger partial charge in [-0.25, -0.2) is 0 Å². The number of hydrogen-bond acceptors (Lipinski definition) is 3. The molecule has 4 rings (SSSR count). The molecular formula is C18H13ClN4. The van der Waals surface area contributed by atoms with Gasteiger partial charge in [-0.2, -0.15) is 5.10 Å². The predicted octanol–water partition coefficient (Wildman–Crippen LogP) is 4.82. The number of pyridine rings is 1. The summed E-state index contributed by atoms with van der Waals surface area (Å²) >= 11 is 6.00. The molecular weight excluding hydrogens is 308 g/mol. The fraction of sp³-hybridized carbons (Fsp3) is 0. The van der Waals surface area contributed by atoms with E-state index >= 15 is 0 Å². The lowest BCUT2D eigenvalue weighted by Gasteiger charge is -2.05. The molecule has 0 spiro atoms. The van der Waals surface area contributed by atoms with Crippen LogP contribution in [0.3, 0.4) is 0 Å². The van der Waals surface area contributed by atoms with Gasteiger partial charge in [-0.3, -0.25) is 10.4 Å². The van der Waals surface area contributed by atoms with E-state index in [2.05, 4.69) is 26.6 Å². The average molecular weight is 321 g/mol. The maximum atomic E-state index is 6.00. The van der Waals surface area contributed by atoms with Crippen LogP contribution in [0.15, 0.2) is 66.0 Å². The minimum absolute atomic E-state index is 0.671. The highest BCUT2D eigenvalue weighted by Gasteiger charge is 2.02. The Balaban J connectivity index is 1.64. The number of hydrogen-bond donors (Lipinski definition) is 2. The number of hydrazone groups is 1. The Morgan fingerprint density at radius 1 is 1.09 bits per heavy atom. The van der Waals surface area contributed by atoms with Gasteiger partial charge < -0.3 is 4.98 Å². The molecule has 2 aromatic heterocycles.